The zero-order valence-electron chi connectivity index (χ0n) is 15.7. The number of hydrogen-bond donors (Lipinski definition) is 2. The Kier molecular flexibility index (Phi) is 4.57. The molecule has 0 radical (unpaired) electrons. The van der Waals surface area contributed by atoms with Crippen LogP contribution in [0.4, 0.5) is 0 Å². The first-order chi connectivity index (χ1) is 12.6. The van der Waals surface area contributed by atoms with E-state index in [-0.39, 0.29) is 11.3 Å². The quantitative estimate of drug-likeness (QED) is 0.889. The zero-order valence-corrected chi connectivity index (χ0v) is 15.7. The topological polar surface area (TPSA) is 59.0 Å². The van der Waals surface area contributed by atoms with Crippen LogP contribution in [0.5, 0.6) is 0 Å². The van der Waals surface area contributed by atoms with Gasteiger partial charge in [-0.05, 0) is 56.8 Å². The summed E-state index contributed by atoms with van der Waals surface area (Å²) in [6.45, 7) is 6.41. The predicted molar refractivity (Wildman–Crippen MR) is 102 cm³/mol. The molecular weight excluding hydrogens is 324 g/mol. The number of para-hydroxylation sites is 1. The van der Waals surface area contributed by atoms with Crippen LogP contribution >= 0.6 is 0 Å². The Bertz CT molecular complexity index is 812. The van der Waals surface area contributed by atoms with E-state index in [4.69, 9.17) is 0 Å². The highest BCUT2D eigenvalue weighted by Crippen LogP contribution is 2.43. The summed E-state index contributed by atoms with van der Waals surface area (Å²) >= 11 is 0. The van der Waals surface area contributed by atoms with Crippen molar-refractivity contribution in [1.82, 2.24) is 20.4 Å². The lowest BCUT2D eigenvalue weighted by molar-refractivity contribution is -0.134. The first-order valence-electron chi connectivity index (χ1n) is 9.71. The van der Waals surface area contributed by atoms with Crippen LogP contribution in [0.25, 0.3) is 5.69 Å². The third-order valence-electron chi connectivity index (χ3n) is 6.16. The lowest BCUT2D eigenvalue weighted by Crippen LogP contribution is -2.47. The number of fused-ring (bicyclic) bond motifs is 1. The molecule has 138 valence electrons. The summed E-state index contributed by atoms with van der Waals surface area (Å²) in [5, 5.41) is 11.3. The number of rotatable bonds is 4. The average molecular weight is 352 g/mol. The maximum Gasteiger partial charge on any atom is 0.228 e. The predicted octanol–water partition coefficient (Wildman–Crippen LogP) is 2.89. The van der Waals surface area contributed by atoms with E-state index in [0.29, 0.717) is 12.5 Å². The van der Waals surface area contributed by atoms with E-state index in [2.05, 4.69) is 40.9 Å². The largest absolute Gasteiger partial charge is 0.351 e. The summed E-state index contributed by atoms with van der Waals surface area (Å²) in [7, 11) is 0. The van der Waals surface area contributed by atoms with Gasteiger partial charge >= 0.3 is 0 Å². The van der Waals surface area contributed by atoms with Gasteiger partial charge in [-0.15, -0.1) is 0 Å². The molecule has 1 aromatic carbocycles. The van der Waals surface area contributed by atoms with Crippen molar-refractivity contribution in [3.05, 3.63) is 47.3 Å². The molecular formula is C21H28N4O. The zero-order chi connectivity index (χ0) is 18.1. The first kappa shape index (κ1) is 17.3. The van der Waals surface area contributed by atoms with Gasteiger partial charge in [-0.1, -0.05) is 31.0 Å². The van der Waals surface area contributed by atoms with Crippen molar-refractivity contribution >= 4 is 5.91 Å². The van der Waals surface area contributed by atoms with Crippen molar-refractivity contribution in [3.8, 4) is 5.69 Å². The molecule has 0 bridgehead atoms. The Hall–Kier alpha value is -2.14. The lowest BCUT2D eigenvalue weighted by Gasteiger charge is -2.37. The Morgan fingerprint density at radius 3 is 3.00 bits per heavy atom. The highest BCUT2D eigenvalue weighted by Gasteiger charge is 2.49. The summed E-state index contributed by atoms with van der Waals surface area (Å²) in [4.78, 5) is 13.1. The lowest BCUT2D eigenvalue weighted by atomic mass is 9.67. The van der Waals surface area contributed by atoms with Crippen LogP contribution in [0.1, 0.15) is 42.6 Å². The SMILES string of the molecule is Cc1cc(C)n(-c2ccccc2CNC(=O)[C@@]23CCCC[C@H]2CNC3)n1. The maximum atomic E-state index is 13.1. The van der Waals surface area contributed by atoms with E-state index >= 15 is 0 Å². The molecule has 0 spiro atoms. The molecule has 1 saturated carbocycles. The Balaban J connectivity index is 1.54. The van der Waals surface area contributed by atoms with Gasteiger partial charge in [0.15, 0.2) is 0 Å². The van der Waals surface area contributed by atoms with Gasteiger partial charge in [-0.3, -0.25) is 4.79 Å². The van der Waals surface area contributed by atoms with E-state index in [9.17, 15) is 4.79 Å². The maximum absolute atomic E-state index is 13.1. The van der Waals surface area contributed by atoms with Crippen LogP contribution in [0.2, 0.25) is 0 Å². The molecule has 2 fully saturated rings. The van der Waals surface area contributed by atoms with Gasteiger partial charge in [0.25, 0.3) is 0 Å². The van der Waals surface area contributed by atoms with Crippen LogP contribution in [-0.2, 0) is 11.3 Å². The minimum Gasteiger partial charge on any atom is -0.351 e. The number of carbonyl (C=O) groups is 1. The first-order valence-corrected chi connectivity index (χ1v) is 9.71. The molecule has 26 heavy (non-hydrogen) atoms. The van der Waals surface area contributed by atoms with Crippen molar-refractivity contribution in [2.24, 2.45) is 11.3 Å². The number of aryl methyl sites for hydroxylation is 2. The fourth-order valence-corrected chi connectivity index (χ4v) is 4.78. The van der Waals surface area contributed by atoms with Gasteiger partial charge < -0.3 is 10.6 Å². The van der Waals surface area contributed by atoms with Crippen molar-refractivity contribution in [2.75, 3.05) is 13.1 Å². The number of carbonyl (C=O) groups excluding carboxylic acids is 1. The molecule has 2 N–H and O–H groups in total. The second-order valence-electron chi connectivity index (χ2n) is 7.88. The molecule has 4 rings (SSSR count). The van der Waals surface area contributed by atoms with Crippen LogP contribution in [0.15, 0.2) is 30.3 Å². The minimum atomic E-state index is -0.203. The van der Waals surface area contributed by atoms with Gasteiger partial charge in [-0.25, -0.2) is 4.68 Å². The highest BCUT2D eigenvalue weighted by molar-refractivity contribution is 5.84. The molecule has 2 aliphatic rings. The van der Waals surface area contributed by atoms with Crippen LogP contribution in [0, 0.1) is 25.2 Å². The minimum absolute atomic E-state index is 0.203. The summed E-state index contributed by atoms with van der Waals surface area (Å²) in [5.74, 6) is 0.706. The number of hydrogen-bond acceptors (Lipinski definition) is 3. The van der Waals surface area contributed by atoms with Crippen molar-refractivity contribution in [1.29, 1.82) is 0 Å². The van der Waals surface area contributed by atoms with Gasteiger partial charge in [-0.2, -0.15) is 5.10 Å². The Labute approximate surface area is 155 Å². The second-order valence-corrected chi connectivity index (χ2v) is 7.88. The van der Waals surface area contributed by atoms with Gasteiger partial charge in [0, 0.05) is 18.8 Å². The number of benzene rings is 1. The van der Waals surface area contributed by atoms with E-state index in [0.717, 1.165) is 48.6 Å². The summed E-state index contributed by atoms with van der Waals surface area (Å²) in [6, 6.07) is 10.3. The third kappa shape index (κ3) is 2.94. The number of nitrogens with one attached hydrogen (secondary N) is 2. The monoisotopic (exact) mass is 352 g/mol. The van der Waals surface area contributed by atoms with E-state index in [1.165, 1.54) is 12.8 Å². The Morgan fingerprint density at radius 2 is 2.19 bits per heavy atom. The molecule has 1 aromatic heterocycles. The highest BCUT2D eigenvalue weighted by atomic mass is 16.2. The van der Waals surface area contributed by atoms with Crippen molar-refractivity contribution in [3.63, 3.8) is 0 Å². The fraction of sp³-hybridized carbons (Fsp3) is 0.524. The van der Waals surface area contributed by atoms with E-state index in [1.54, 1.807) is 0 Å². The number of aromatic nitrogens is 2. The molecule has 5 heteroatoms. The molecule has 1 aliphatic heterocycles. The van der Waals surface area contributed by atoms with E-state index in [1.807, 2.05) is 23.7 Å². The standard InChI is InChI=1S/C21H28N4O/c1-15-11-16(2)25(24-15)19-9-4-3-7-17(19)12-23-20(26)21-10-6-5-8-18(21)13-22-14-21/h3-4,7,9,11,18,22H,5-6,8,10,12-14H2,1-2H3,(H,23,26)/t18-,21+/m0/s1. The van der Waals surface area contributed by atoms with Crippen molar-refractivity contribution in [2.45, 2.75) is 46.1 Å². The third-order valence-corrected chi connectivity index (χ3v) is 6.16. The average Bonchev–Trinajstić information content (AvgIpc) is 3.23. The van der Waals surface area contributed by atoms with Gasteiger partial charge in [0.2, 0.25) is 5.91 Å². The summed E-state index contributed by atoms with van der Waals surface area (Å²) in [5.41, 5.74) is 4.04. The smallest absolute Gasteiger partial charge is 0.228 e. The normalized spacial score (nSPS) is 25.1. The summed E-state index contributed by atoms with van der Waals surface area (Å²) < 4.78 is 1.97. The Morgan fingerprint density at radius 1 is 1.35 bits per heavy atom. The fourth-order valence-electron chi connectivity index (χ4n) is 4.78. The van der Waals surface area contributed by atoms with Crippen LogP contribution in [-0.4, -0.2) is 28.8 Å². The number of amides is 1. The van der Waals surface area contributed by atoms with E-state index < -0.39 is 0 Å². The molecule has 1 saturated heterocycles. The molecule has 2 aromatic rings. The van der Waals surface area contributed by atoms with Crippen LogP contribution < -0.4 is 10.6 Å². The molecule has 1 amide bonds. The molecule has 0 unspecified atom stereocenters. The molecule has 2 heterocycles. The van der Waals surface area contributed by atoms with Crippen LogP contribution in [0.3, 0.4) is 0 Å². The van der Waals surface area contributed by atoms with Gasteiger partial charge in [0.05, 0.1) is 16.8 Å². The van der Waals surface area contributed by atoms with Crippen molar-refractivity contribution < 1.29 is 4.79 Å². The molecule has 2 atom stereocenters. The number of nitrogens with zero attached hydrogens (tertiary/aromatic N) is 2. The summed E-state index contributed by atoms with van der Waals surface area (Å²) in [6.07, 6.45) is 4.59. The molecule has 1 aliphatic carbocycles. The molecule has 5 nitrogen and oxygen atoms in total. The second kappa shape index (κ2) is 6.88. The van der Waals surface area contributed by atoms with Gasteiger partial charge in [0.1, 0.15) is 0 Å².